The lowest BCUT2D eigenvalue weighted by Gasteiger charge is -2.30. The van der Waals surface area contributed by atoms with Crippen molar-refractivity contribution in [2.75, 3.05) is 14.2 Å². The number of Topliss-reactive ketones (excluding diaryl/α,β-unsaturated/α-hetero) is 1. The van der Waals surface area contributed by atoms with E-state index in [4.69, 9.17) is 14.2 Å². The van der Waals surface area contributed by atoms with E-state index < -0.39 is 48.0 Å². The predicted octanol–water partition coefficient (Wildman–Crippen LogP) is 4.91. The number of nitrogens with one attached hydrogen (secondary N) is 1. The smallest absolute Gasteiger partial charge is 0.303 e. The molecule has 1 heterocycles. The monoisotopic (exact) mass is 633 g/mol. The van der Waals surface area contributed by atoms with Crippen molar-refractivity contribution in [2.45, 2.75) is 84.7 Å². The standard InChI is InChI=1S/C37H47NO8/c1-22-18-29-28(17-16-27-13-9-8-10-14-27)31(40)21-30(35(29)42)38-37(43)23(2)12-11-15-32(44-6)36(46-26(5)39)25(4)20-24(3)34(41)33(19-22)45-7/h8-15,20-22,24,32-34,36,41H,16-19H2,1-7H3,(H,38,43)/b15-11-,23-12+,25-20+/t22-,24+,32+,33+,34-,36?/m1/s1. The number of aliphatic hydroxyl groups excluding tert-OH is 1. The fourth-order valence-corrected chi connectivity index (χ4v) is 5.89. The van der Waals surface area contributed by atoms with Crippen LogP contribution in [0, 0.1) is 11.8 Å². The van der Waals surface area contributed by atoms with E-state index >= 15 is 0 Å². The van der Waals surface area contributed by atoms with Gasteiger partial charge in [-0.1, -0.05) is 68.5 Å². The fourth-order valence-electron chi connectivity index (χ4n) is 5.89. The van der Waals surface area contributed by atoms with Crippen LogP contribution in [0.5, 0.6) is 0 Å². The minimum Gasteiger partial charge on any atom is -0.455 e. The van der Waals surface area contributed by atoms with E-state index in [1.54, 1.807) is 32.1 Å². The van der Waals surface area contributed by atoms with Crippen LogP contribution >= 0.6 is 0 Å². The molecule has 1 aromatic carbocycles. The number of fused-ring (bicyclic) bond motifs is 2. The molecular weight excluding hydrogens is 586 g/mol. The molecule has 0 aromatic heterocycles. The van der Waals surface area contributed by atoms with Crippen LogP contribution in [0.2, 0.25) is 0 Å². The minimum atomic E-state index is -0.922. The van der Waals surface area contributed by atoms with Gasteiger partial charge >= 0.3 is 5.97 Å². The van der Waals surface area contributed by atoms with Gasteiger partial charge in [-0.25, -0.2) is 0 Å². The molecule has 0 fully saturated rings. The number of aryl methyl sites for hydroxylation is 1. The molecule has 1 unspecified atom stereocenters. The first-order chi connectivity index (χ1) is 21.9. The highest BCUT2D eigenvalue weighted by Crippen LogP contribution is 2.31. The summed E-state index contributed by atoms with van der Waals surface area (Å²) in [4.78, 5) is 52.5. The van der Waals surface area contributed by atoms with E-state index in [2.05, 4.69) is 5.32 Å². The molecule has 2 N–H and O–H groups in total. The van der Waals surface area contributed by atoms with Crippen LogP contribution in [-0.2, 0) is 39.8 Å². The molecular formula is C37H47NO8. The van der Waals surface area contributed by atoms with Crippen molar-refractivity contribution in [1.29, 1.82) is 0 Å². The Labute approximate surface area is 272 Å². The third kappa shape index (κ3) is 9.79. The Balaban J connectivity index is 2.06. The van der Waals surface area contributed by atoms with Crippen LogP contribution in [0.1, 0.15) is 59.4 Å². The molecule has 1 aliphatic carbocycles. The third-order valence-electron chi connectivity index (χ3n) is 8.46. The number of benzene rings is 1. The average molecular weight is 634 g/mol. The van der Waals surface area contributed by atoms with Gasteiger partial charge in [0.1, 0.15) is 6.10 Å². The van der Waals surface area contributed by atoms with E-state index in [-0.39, 0.29) is 29.4 Å². The average Bonchev–Trinajstić information content (AvgIpc) is 3.02. The van der Waals surface area contributed by atoms with Gasteiger partial charge in [0.2, 0.25) is 5.78 Å². The molecule has 0 spiro atoms. The van der Waals surface area contributed by atoms with Crippen molar-refractivity contribution in [3.8, 4) is 0 Å². The summed E-state index contributed by atoms with van der Waals surface area (Å²) in [5.74, 6) is -2.29. The zero-order chi connectivity index (χ0) is 34.0. The molecule has 0 saturated heterocycles. The second-order valence-corrected chi connectivity index (χ2v) is 12.2. The summed E-state index contributed by atoms with van der Waals surface area (Å²) in [5, 5.41) is 14.0. The number of esters is 1. The number of hydrogen-bond donors (Lipinski definition) is 2. The molecule has 9 nitrogen and oxygen atoms in total. The van der Waals surface area contributed by atoms with Gasteiger partial charge in [0.15, 0.2) is 11.9 Å². The predicted molar refractivity (Wildman–Crippen MR) is 175 cm³/mol. The summed E-state index contributed by atoms with van der Waals surface area (Å²) < 4.78 is 17.0. The molecule has 0 saturated carbocycles. The van der Waals surface area contributed by atoms with E-state index in [0.717, 1.165) is 5.56 Å². The molecule has 2 aliphatic rings. The number of methoxy groups -OCH3 is 2. The Hall–Kier alpha value is -3.92. The van der Waals surface area contributed by atoms with Gasteiger partial charge in [0.05, 0.1) is 17.9 Å². The number of hydrogen-bond acceptors (Lipinski definition) is 8. The largest absolute Gasteiger partial charge is 0.455 e. The number of carbonyl (C=O) groups is 4. The molecule has 1 amide bonds. The van der Waals surface area contributed by atoms with E-state index in [1.807, 2.05) is 50.3 Å². The quantitative estimate of drug-likeness (QED) is 0.257. The Bertz CT molecular complexity index is 1430. The number of aliphatic hydroxyl groups is 1. The van der Waals surface area contributed by atoms with Gasteiger partial charge in [0.25, 0.3) is 5.91 Å². The molecule has 0 radical (unpaired) electrons. The Morgan fingerprint density at radius 1 is 1.02 bits per heavy atom. The number of rotatable bonds is 6. The van der Waals surface area contributed by atoms with Crippen LogP contribution in [-0.4, -0.2) is 67.2 Å². The molecule has 3 rings (SSSR count). The van der Waals surface area contributed by atoms with E-state index in [9.17, 15) is 24.3 Å². The summed E-state index contributed by atoms with van der Waals surface area (Å²) in [6.45, 7) is 8.50. The second kappa shape index (κ2) is 17.1. The maximum atomic E-state index is 13.9. The van der Waals surface area contributed by atoms with Gasteiger partial charge < -0.3 is 24.6 Å². The third-order valence-corrected chi connectivity index (χ3v) is 8.46. The van der Waals surface area contributed by atoms with Crippen LogP contribution in [0.25, 0.3) is 0 Å². The number of carbonyl (C=O) groups excluding carboxylic acids is 4. The van der Waals surface area contributed by atoms with Crippen LogP contribution in [0.4, 0.5) is 0 Å². The number of ketones is 2. The zero-order valence-corrected chi connectivity index (χ0v) is 27.9. The molecule has 1 aromatic rings. The van der Waals surface area contributed by atoms with Crippen molar-refractivity contribution in [3.63, 3.8) is 0 Å². The summed E-state index contributed by atoms with van der Waals surface area (Å²) >= 11 is 0. The van der Waals surface area contributed by atoms with Crippen molar-refractivity contribution < 1.29 is 38.5 Å². The van der Waals surface area contributed by atoms with Crippen molar-refractivity contribution >= 4 is 23.4 Å². The van der Waals surface area contributed by atoms with Crippen molar-refractivity contribution in [2.24, 2.45) is 11.8 Å². The summed E-state index contributed by atoms with van der Waals surface area (Å²) in [6.07, 6.45) is 6.49. The second-order valence-electron chi connectivity index (χ2n) is 12.2. The summed E-state index contributed by atoms with van der Waals surface area (Å²) in [5.41, 5.74) is 2.74. The number of amides is 1. The van der Waals surface area contributed by atoms with Gasteiger partial charge in [0, 0.05) is 49.9 Å². The first-order valence-corrected chi connectivity index (χ1v) is 15.7. The van der Waals surface area contributed by atoms with E-state index in [0.29, 0.717) is 36.0 Å². The number of ether oxygens (including phenoxy) is 3. The highest BCUT2D eigenvalue weighted by molar-refractivity contribution is 6.23. The lowest BCUT2D eigenvalue weighted by Crippen LogP contribution is -2.36. The Morgan fingerprint density at radius 3 is 2.35 bits per heavy atom. The molecule has 9 heteroatoms. The summed E-state index contributed by atoms with van der Waals surface area (Å²) in [7, 11) is 3.01. The lowest BCUT2D eigenvalue weighted by molar-refractivity contribution is -0.149. The SMILES string of the molecule is CO[C@H]1/C=C\C=C(/C)C(=O)NC2=CC(=O)C(CCc3ccccc3)=C(C[C@@H](C)C[C@H](OC)[C@H](O)[C@@H](C)/C=C(\C)C1OC(C)=O)C2=O. The van der Waals surface area contributed by atoms with E-state index in [1.165, 1.54) is 27.2 Å². The zero-order valence-electron chi connectivity index (χ0n) is 27.9. The van der Waals surface area contributed by atoms with Crippen molar-refractivity contribution in [3.05, 3.63) is 94.3 Å². The molecule has 1 aliphatic heterocycles. The topological polar surface area (TPSA) is 128 Å². The lowest BCUT2D eigenvalue weighted by atomic mass is 9.82. The highest BCUT2D eigenvalue weighted by Gasteiger charge is 2.33. The normalized spacial score (nSPS) is 30.0. The van der Waals surface area contributed by atoms with Crippen molar-refractivity contribution in [1.82, 2.24) is 5.32 Å². The van der Waals surface area contributed by atoms with Crippen LogP contribution in [0.3, 0.4) is 0 Å². The molecule has 46 heavy (non-hydrogen) atoms. The Kier molecular flexibility index (Phi) is 13.6. The molecule has 2 bridgehead atoms. The first kappa shape index (κ1) is 36.5. The Morgan fingerprint density at radius 2 is 1.72 bits per heavy atom. The van der Waals surface area contributed by atoms with Gasteiger partial charge in [-0.3, -0.25) is 19.2 Å². The molecule has 6 atom stereocenters. The van der Waals surface area contributed by atoms with Gasteiger partial charge in [-0.2, -0.15) is 0 Å². The van der Waals surface area contributed by atoms with Gasteiger partial charge in [-0.15, -0.1) is 0 Å². The van der Waals surface area contributed by atoms with Crippen LogP contribution in [0.15, 0.2) is 88.7 Å². The maximum absolute atomic E-state index is 13.9. The minimum absolute atomic E-state index is 0.0724. The van der Waals surface area contributed by atoms with Gasteiger partial charge in [-0.05, 0) is 56.6 Å². The van der Waals surface area contributed by atoms with Crippen LogP contribution < -0.4 is 5.32 Å². The molecule has 248 valence electrons. The highest BCUT2D eigenvalue weighted by atomic mass is 16.6. The first-order valence-electron chi connectivity index (χ1n) is 15.7. The fraction of sp³-hybridized carbons (Fsp3) is 0.459. The number of allylic oxidation sites excluding steroid dienone is 5. The maximum Gasteiger partial charge on any atom is 0.303 e. The summed E-state index contributed by atoms with van der Waals surface area (Å²) in [6, 6.07) is 9.74.